The van der Waals surface area contributed by atoms with Crippen LogP contribution in [0.3, 0.4) is 0 Å². The lowest BCUT2D eigenvalue weighted by Crippen LogP contribution is -2.51. The smallest absolute Gasteiger partial charge is 0.0534 e. The van der Waals surface area contributed by atoms with Crippen LogP contribution in [0.2, 0.25) is 0 Å². The maximum atomic E-state index is 6.17. The van der Waals surface area contributed by atoms with Crippen molar-refractivity contribution in [2.45, 2.75) is 52.7 Å². The molecule has 0 spiro atoms. The van der Waals surface area contributed by atoms with Gasteiger partial charge in [0.15, 0.2) is 0 Å². The van der Waals surface area contributed by atoms with E-state index in [-0.39, 0.29) is 5.41 Å². The normalized spacial score (nSPS) is 24.3. The van der Waals surface area contributed by atoms with Crippen molar-refractivity contribution in [1.82, 2.24) is 14.7 Å². The van der Waals surface area contributed by atoms with E-state index in [0.717, 1.165) is 39.0 Å². The van der Waals surface area contributed by atoms with Crippen molar-refractivity contribution in [1.29, 1.82) is 0 Å². The van der Waals surface area contributed by atoms with E-state index >= 15 is 0 Å². The summed E-state index contributed by atoms with van der Waals surface area (Å²) in [7, 11) is 0. The zero-order chi connectivity index (χ0) is 13.2. The van der Waals surface area contributed by atoms with Crippen LogP contribution in [0.5, 0.6) is 0 Å². The minimum atomic E-state index is 0.220. The van der Waals surface area contributed by atoms with Gasteiger partial charge in [-0.2, -0.15) is 5.10 Å². The van der Waals surface area contributed by atoms with Gasteiger partial charge in [0.05, 0.1) is 6.20 Å². The molecule has 1 fully saturated rings. The first kappa shape index (κ1) is 13.6. The Hall–Kier alpha value is -0.870. The van der Waals surface area contributed by atoms with Gasteiger partial charge in [-0.25, -0.2) is 0 Å². The highest BCUT2D eigenvalue weighted by Gasteiger charge is 2.33. The number of hydrogen-bond acceptors (Lipinski definition) is 3. The first-order chi connectivity index (χ1) is 8.51. The van der Waals surface area contributed by atoms with Gasteiger partial charge in [0.1, 0.15) is 0 Å². The van der Waals surface area contributed by atoms with E-state index in [4.69, 9.17) is 5.73 Å². The number of likely N-dealkylation sites (tertiary alicyclic amines) is 1. The van der Waals surface area contributed by atoms with Crippen molar-refractivity contribution >= 4 is 0 Å². The number of piperidine rings is 1. The van der Waals surface area contributed by atoms with E-state index in [1.165, 1.54) is 5.56 Å². The van der Waals surface area contributed by atoms with Gasteiger partial charge >= 0.3 is 0 Å². The van der Waals surface area contributed by atoms with Gasteiger partial charge < -0.3 is 5.73 Å². The molecule has 2 rings (SSSR count). The predicted octanol–water partition coefficient (Wildman–Crippen LogP) is 1.85. The fourth-order valence-corrected chi connectivity index (χ4v) is 2.72. The number of aryl methyl sites for hydroxylation is 1. The number of aromatic nitrogens is 2. The molecule has 0 radical (unpaired) electrons. The summed E-state index contributed by atoms with van der Waals surface area (Å²) in [4.78, 5) is 2.50. The monoisotopic (exact) mass is 250 g/mol. The van der Waals surface area contributed by atoms with Crippen LogP contribution in [0.15, 0.2) is 12.4 Å². The molecule has 1 aromatic heterocycles. The van der Waals surface area contributed by atoms with Crippen molar-refractivity contribution < 1.29 is 0 Å². The Kier molecular flexibility index (Phi) is 4.07. The van der Waals surface area contributed by atoms with Crippen LogP contribution in [0, 0.1) is 5.41 Å². The van der Waals surface area contributed by atoms with E-state index in [1.54, 1.807) is 0 Å². The molecule has 1 aliphatic heterocycles. The Balaban J connectivity index is 1.93. The molecule has 4 heteroatoms. The lowest BCUT2D eigenvalue weighted by atomic mass is 9.79. The average Bonchev–Trinajstić information content (AvgIpc) is 2.71. The maximum absolute atomic E-state index is 6.17. The quantitative estimate of drug-likeness (QED) is 0.887. The fraction of sp³-hybridized carbons (Fsp3) is 0.786. The molecule has 4 nitrogen and oxygen atoms in total. The molecule has 0 amide bonds. The van der Waals surface area contributed by atoms with Crippen molar-refractivity contribution in [2.24, 2.45) is 11.1 Å². The first-order valence-corrected chi connectivity index (χ1v) is 7.00. The van der Waals surface area contributed by atoms with Crippen LogP contribution in [0.25, 0.3) is 0 Å². The Morgan fingerprint density at radius 2 is 2.28 bits per heavy atom. The molecule has 102 valence electrons. The van der Waals surface area contributed by atoms with Crippen LogP contribution < -0.4 is 5.73 Å². The second kappa shape index (κ2) is 5.41. The van der Waals surface area contributed by atoms with Crippen molar-refractivity contribution in [2.75, 3.05) is 13.1 Å². The summed E-state index contributed by atoms with van der Waals surface area (Å²) in [5.41, 5.74) is 7.70. The Labute approximate surface area is 110 Å². The largest absolute Gasteiger partial charge is 0.327 e. The van der Waals surface area contributed by atoms with Crippen LogP contribution in [-0.4, -0.2) is 33.8 Å². The summed E-state index contributed by atoms with van der Waals surface area (Å²) in [6.45, 7) is 10.9. The number of nitrogens with two attached hydrogens (primary N) is 1. The predicted molar refractivity (Wildman–Crippen MR) is 74.2 cm³/mol. The lowest BCUT2D eigenvalue weighted by molar-refractivity contribution is 0.0898. The van der Waals surface area contributed by atoms with E-state index in [9.17, 15) is 0 Å². The minimum Gasteiger partial charge on any atom is -0.327 e. The van der Waals surface area contributed by atoms with Crippen molar-refractivity contribution in [3.63, 3.8) is 0 Å². The summed E-state index contributed by atoms with van der Waals surface area (Å²) in [6, 6.07) is 0.330. The Bertz CT molecular complexity index is 383. The zero-order valence-electron chi connectivity index (χ0n) is 11.9. The van der Waals surface area contributed by atoms with Crippen LogP contribution in [0.4, 0.5) is 0 Å². The third-order valence-corrected chi connectivity index (χ3v) is 3.94. The third kappa shape index (κ3) is 3.12. The van der Waals surface area contributed by atoms with Crippen LogP contribution in [-0.2, 0) is 13.1 Å². The molecular formula is C14H26N4. The Morgan fingerprint density at radius 1 is 1.50 bits per heavy atom. The summed E-state index contributed by atoms with van der Waals surface area (Å²) < 4.78 is 2.04. The molecule has 2 heterocycles. The van der Waals surface area contributed by atoms with Gasteiger partial charge in [0.25, 0.3) is 0 Å². The summed E-state index contributed by atoms with van der Waals surface area (Å²) in [5.74, 6) is 0. The molecule has 0 saturated carbocycles. The molecule has 1 aliphatic rings. The van der Waals surface area contributed by atoms with Gasteiger partial charge in [-0.1, -0.05) is 20.8 Å². The van der Waals surface area contributed by atoms with Gasteiger partial charge in [-0.05, 0) is 18.3 Å². The standard InChI is InChI=1S/C14H26N4/c1-4-6-18-10-12(8-16-18)9-17-7-5-13(15)14(2,3)11-17/h8,10,13H,4-7,9,11,15H2,1-3H3. The second-order valence-corrected chi connectivity index (χ2v) is 6.21. The molecular weight excluding hydrogens is 224 g/mol. The first-order valence-electron chi connectivity index (χ1n) is 7.00. The number of nitrogens with zero attached hydrogens (tertiary/aromatic N) is 3. The third-order valence-electron chi connectivity index (χ3n) is 3.94. The molecule has 18 heavy (non-hydrogen) atoms. The van der Waals surface area contributed by atoms with Gasteiger partial charge in [0, 0.05) is 44.0 Å². The topological polar surface area (TPSA) is 47.1 Å². The molecule has 2 N–H and O–H groups in total. The van der Waals surface area contributed by atoms with Gasteiger partial charge in [0.2, 0.25) is 0 Å². The van der Waals surface area contributed by atoms with Crippen LogP contribution >= 0.6 is 0 Å². The maximum Gasteiger partial charge on any atom is 0.0534 e. The highest BCUT2D eigenvalue weighted by molar-refractivity contribution is 5.04. The zero-order valence-corrected chi connectivity index (χ0v) is 11.9. The average molecular weight is 250 g/mol. The van der Waals surface area contributed by atoms with Gasteiger partial charge in [-0.15, -0.1) is 0 Å². The molecule has 1 saturated heterocycles. The summed E-state index contributed by atoms with van der Waals surface area (Å²) in [6.07, 6.45) is 6.39. The fourth-order valence-electron chi connectivity index (χ4n) is 2.72. The minimum absolute atomic E-state index is 0.220. The number of hydrogen-bond donors (Lipinski definition) is 1. The van der Waals surface area contributed by atoms with Crippen molar-refractivity contribution in [3.05, 3.63) is 18.0 Å². The lowest BCUT2D eigenvalue weighted by Gasteiger charge is -2.42. The Morgan fingerprint density at radius 3 is 2.94 bits per heavy atom. The summed E-state index contributed by atoms with van der Waals surface area (Å²) in [5, 5.41) is 4.39. The van der Waals surface area contributed by atoms with Crippen molar-refractivity contribution in [3.8, 4) is 0 Å². The van der Waals surface area contributed by atoms with E-state index in [1.807, 2.05) is 10.9 Å². The second-order valence-electron chi connectivity index (χ2n) is 6.21. The molecule has 1 aromatic rings. The van der Waals surface area contributed by atoms with E-state index in [2.05, 4.69) is 37.0 Å². The van der Waals surface area contributed by atoms with E-state index in [0.29, 0.717) is 6.04 Å². The molecule has 1 atom stereocenters. The highest BCUT2D eigenvalue weighted by atomic mass is 15.3. The molecule has 1 unspecified atom stereocenters. The molecule has 0 aliphatic carbocycles. The molecule has 0 bridgehead atoms. The highest BCUT2D eigenvalue weighted by Crippen LogP contribution is 2.28. The van der Waals surface area contributed by atoms with Crippen LogP contribution in [0.1, 0.15) is 39.2 Å². The summed E-state index contributed by atoms with van der Waals surface area (Å²) >= 11 is 0. The van der Waals surface area contributed by atoms with E-state index < -0.39 is 0 Å². The SMILES string of the molecule is CCCn1cc(CN2CCC(N)C(C)(C)C2)cn1. The van der Waals surface area contributed by atoms with Gasteiger partial charge in [-0.3, -0.25) is 9.58 Å². The molecule has 0 aromatic carbocycles. The number of rotatable bonds is 4.